The molecule has 1 saturated heterocycles. The lowest BCUT2D eigenvalue weighted by Gasteiger charge is -2.20. The molecule has 3 rings (SSSR count). The molecule has 2 heteroatoms. The molecular weight excluding hydrogens is 210 g/mol. The molecule has 1 aliphatic carbocycles. The molecular formula is C15H17NO. The molecule has 1 heterocycles. The van der Waals surface area contributed by atoms with Gasteiger partial charge in [-0.25, -0.2) is 0 Å². The summed E-state index contributed by atoms with van der Waals surface area (Å²) in [7, 11) is 0. The molecule has 1 aromatic rings. The highest BCUT2D eigenvalue weighted by atomic mass is 16.2. The minimum absolute atomic E-state index is 0.239. The van der Waals surface area contributed by atoms with Crippen molar-refractivity contribution in [2.45, 2.75) is 25.2 Å². The highest BCUT2D eigenvalue weighted by Gasteiger charge is 2.33. The van der Waals surface area contributed by atoms with Gasteiger partial charge in [-0.2, -0.15) is 0 Å². The maximum absolute atomic E-state index is 12.0. The molecule has 1 atom stereocenters. The van der Waals surface area contributed by atoms with Crippen LogP contribution in [0.15, 0.2) is 36.9 Å². The lowest BCUT2D eigenvalue weighted by molar-refractivity contribution is -0.117. The number of hydrogen-bond acceptors (Lipinski definition) is 1. The molecule has 1 saturated carbocycles. The van der Waals surface area contributed by atoms with E-state index in [-0.39, 0.29) is 5.91 Å². The smallest absolute Gasteiger partial charge is 0.227 e. The summed E-state index contributed by atoms with van der Waals surface area (Å²) in [4.78, 5) is 14.0. The first-order chi connectivity index (χ1) is 8.29. The fourth-order valence-corrected chi connectivity index (χ4v) is 2.60. The molecule has 88 valence electrons. The van der Waals surface area contributed by atoms with E-state index in [1.807, 2.05) is 17.0 Å². The van der Waals surface area contributed by atoms with Gasteiger partial charge in [0.05, 0.1) is 0 Å². The van der Waals surface area contributed by atoms with Crippen molar-refractivity contribution in [2.24, 2.45) is 5.92 Å². The van der Waals surface area contributed by atoms with Crippen molar-refractivity contribution in [3.63, 3.8) is 0 Å². The normalized spacial score (nSPS) is 24.1. The zero-order chi connectivity index (χ0) is 11.8. The van der Waals surface area contributed by atoms with Crippen LogP contribution >= 0.6 is 0 Å². The summed E-state index contributed by atoms with van der Waals surface area (Å²) < 4.78 is 0. The highest BCUT2D eigenvalue weighted by molar-refractivity contribution is 5.96. The summed E-state index contributed by atoms with van der Waals surface area (Å²) in [5.74, 6) is 1.24. The van der Waals surface area contributed by atoms with Crippen LogP contribution in [0.2, 0.25) is 0 Å². The van der Waals surface area contributed by atoms with E-state index in [0.717, 1.165) is 12.2 Å². The molecule has 0 radical (unpaired) electrons. The molecule has 17 heavy (non-hydrogen) atoms. The average molecular weight is 227 g/mol. The molecule has 1 unspecified atom stereocenters. The van der Waals surface area contributed by atoms with Crippen LogP contribution < -0.4 is 4.90 Å². The van der Waals surface area contributed by atoms with Crippen molar-refractivity contribution in [3.8, 4) is 0 Å². The SMILES string of the molecule is C=CC1CC(=O)N(c2ccccc2C2CC2)C1. The molecule has 2 nitrogen and oxygen atoms in total. The van der Waals surface area contributed by atoms with E-state index >= 15 is 0 Å². The minimum Gasteiger partial charge on any atom is -0.312 e. The van der Waals surface area contributed by atoms with E-state index in [9.17, 15) is 4.79 Å². The molecule has 1 amide bonds. The Kier molecular flexibility index (Phi) is 2.50. The lowest BCUT2D eigenvalue weighted by Crippen LogP contribution is -2.25. The number of benzene rings is 1. The third-order valence-electron chi connectivity index (χ3n) is 3.73. The van der Waals surface area contributed by atoms with Gasteiger partial charge in [0.1, 0.15) is 0 Å². The number of rotatable bonds is 3. The number of amides is 1. The van der Waals surface area contributed by atoms with Gasteiger partial charge in [0, 0.05) is 24.6 Å². The quantitative estimate of drug-likeness (QED) is 0.727. The second-order valence-corrected chi connectivity index (χ2v) is 5.04. The van der Waals surface area contributed by atoms with Crippen LogP contribution in [-0.2, 0) is 4.79 Å². The Labute approximate surface area is 102 Å². The van der Waals surface area contributed by atoms with Crippen LogP contribution in [-0.4, -0.2) is 12.5 Å². The topological polar surface area (TPSA) is 20.3 Å². The molecule has 0 spiro atoms. The van der Waals surface area contributed by atoms with Crippen molar-refractivity contribution in [1.82, 2.24) is 0 Å². The van der Waals surface area contributed by atoms with Gasteiger partial charge in [-0.1, -0.05) is 24.3 Å². The van der Waals surface area contributed by atoms with Gasteiger partial charge >= 0.3 is 0 Å². The van der Waals surface area contributed by atoms with Crippen molar-refractivity contribution >= 4 is 11.6 Å². The van der Waals surface area contributed by atoms with Crippen LogP contribution in [0.4, 0.5) is 5.69 Å². The number of hydrogen-bond donors (Lipinski definition) is 0. The number of anilines is 1. The summed E-state index contributed by atoms with van der Waals surface area (Å²) >= 11 is 0. The van der Waals surface area contributed by atoms with Crippen LogP contribution in [0, 0.1) is 5.92 Å². The lowest BCUT2D eigenvalue weighted by atomic mass is 10.1. The first-order valence-corrected chi connectivity index (χ1v) is 6.31. The van der Waals surface area contributed by atoms with Crippen molar-refractivity contribution in [2.75, 3.05) is 11.4 Å². The van der Waals surface area contributed by atoms with E-state index in [1.54, 1.807) is 0 Å². The van der Waals surface area contributed by atoms with Crippen LogP contribution in [0.3, 0.4) is 0 Å². The van der Waals surface area contributed by atoms with Crippen molar-refractivity contribution < 1.29 is 4.79 Å². The second-order valence-electron chi connectivity index (χ2n) is 5.04. The third kappa shape index (κ3) is 1.88. The van der Waals surface area contributed by atoms with Crippen LogP contribution in [0.5, 0.6) is 0 Å². The zero-order valence-electron chi connectivity index (χ0n) is 9.93. The Morgan fingerprint density at radius 1 is 1.29 bits per heavy atom. The molecule has 0 aromatic heterocycles. The number of nitrogens with zero attached hydrogens (tertiary/aromatic N) is 1. The summed E-state index contributed by atoms with van der Waals surface area (Å²) in [5.41, 5.74) is 2.48. The van der Waals surface area contributed by atoms with E-state index in [0.29, 0.717) is 18.3 Å². The largest absolute Gasteiger partial charge is 0.312 e. The van der Waals surface area contributed by atoms with E-state index in [1.165, 1.54) is 18.4 Å². The Balaban J connectivity index is 1.93. The molecule has 1 aliphatic heterocycles. The van der Waals surface area contributed by atoms with Crippen LogP contribution in [0.25, 0.3) is 0 Å². The summed E-state index contributed by atoms with van der Waals surface area (Å²) in [5, 5.41) is 0. The number of para-hydroxylation sites is 1. The number of carbonyl (C=O) groups excluding carboxylic acids is 1. The van der Waals surface area contributed by atoms with Crippen molar-refractivity contribution in [1.29, 1.82) is 0 Å². The van der Waals surface area contributed by atoms with Gasteiger partial charge in [-0.15, -0.1) is 6.58 Å². The van der Waals surface area contributed by atoms with Gasteiger partial charge in [0.15, 0.2) is 0 Å². The Bertz CT molecular complexity index is 462. The van der Waals surface area contributed by atoms with E-state index < -0.39 is 0 Å². The van der Waals surface area contributed by atoms with Crippen molar-refractivity contribution in [3.05, 3.63) is 42.5 Å². The van der Waals surface area contributed by atoms with E-state index in [4.69, 9.17) is 0 Å². The third-order valence-corrected chi connectivity index (χ3v) is 3.73. The summed E-state index contributed by atoms with van der Waals surface area (Å²) in [6, 6.07) is 8.34. The Morgan fingerprint density at radius 2 is 2.06 bits per heavy atom. The fraction of sp³-hybridized carbons (Fsp3) is 0.400. The summed E-state index contributed by atoms with van der Waals surface area (Å²) in [6.45, 7) is 4.59. The minimum atomic E-state index is 0.239. The Hall–Kier alpha value is -1.57. The second kappa shape index (κ2) is 4.02. The van der Waals surface area contributed by atoms with Gasteiger partial charge in [0.25, 0.3) is 0 Å². The van der Waals surface area contributed by atoms with Gasteiger partial charge in [-0.05, 0) is 30.4 Å². The first kappa shape index (κ1) is 10.6. The maximum atomic E-state index is 12.0. The highest BCUT2D eigenvalue weighted by Crippen LogP contribution is 2.45. The zero-order valence-corrected chi connectivity index (χ0v) is 9.93. The Morgan fingerprint density at radius 3 is 2.71 bits per heavy atom. The standard InChI is InChI=1S/C15H17NO/c1-2-11-9-15(17)16(10-11)14-6-4-3-5-13(14)12-7-8-12/h2-6,11-12H,1,7-10H2. The molecule has 0 bridgehead atoms. The first-order valence-electron chi connectivity index (χ1n) is 6.31. The van der Waals surface area contributed by atoms with Gasteiger partial charge < -0.3 is 4.90 Å². The van der Waals surface area contributed by atoms with Gasteiger partial charge in [0.2, 0.25) is 5.91 Å². The molecule has 0 N–H and O–H groups in total. The molecule has 1 aromatic carbocycles. The van der Waals surface area contributed by atoms with Crippen LogP contribution in [0.1, 0.15) is 30.7 Å². The van der Waals surface area contributed by atoms with Gasteiger partial charge in [-0.3, -0.25) is 4.79 Å². The predicted molar refractivity (Wildman–Crippen MR) is 69.1 cm³/mol. The molecule has 2 aliphatic rings. The molecule has 2 fully saturated rings. The average Bonchev–Trinajstić information content (AvgIpc) is 3.13. The maximum Gasteiger partial charge on any atom is 0.227 e. The monoisotopic (exact) mass is 227 g/mol. The fourth-order valence-electron chi connectivity index (χ4n) is 2.60. The number of carbonyl (C=O) groups is 1. The van der Waals surface area contributed by atoms with E-state index in [2.05, 4.69) is 24.8 Å². The predicted octanol–water partition coefficient (Wildman–Crippen LogP) is 3.10. The summed E-state index contributed by atoms with van der Waals surface area (Å²) in [6.07, 6.45) is 5.05.